The summed E-state index contributed by atoms with van der Waals surface area (Å²) in [7, 11) is -4.17. The Balaban J connectivity index is 2.98. The fourth-order valence-corrected chi connectivity index (χ4v) is 1.27. The number of nitrogens with one attached hydrogen (secondary N) is 1. The van der Waals surface area contributed by atoms with Crippen molar-refractivity contribution in [1.82, 2.24) is 0 Å². The predicted octanol–water partition coefficient (Wildman–Crippen LogP) is 1.01. The van der Waals surface area contributed by atoms with Crippen molar-refractivity contribution in [3.8, 4) is 0 Å². The smallest absolute Gasteiger partial charge is 0.269 e. The van der Waals surface area contributed by atoms with Gasteiger partial charge in [-0.1, -0.05) is 12.1 Å². The van der Waals surface area contributed by atoms with E-state index in [-0.39, 0.29) is 0 Å². The van der Waals surface area contributed by atoms with Crippen LogP contribution in [-0.2, 0) is 10.3 Å². The molecule has 0 aliphatic rings. The Hall–Kier alpha value is -1.07. The van der Waals surface area contributed by atoms with Gasteiger partial charge in [-0.2, -0.15) is 8.42 Å². The van der Waals surface area contributed by atoms with Gasteiger partial charge in [0.2, 0.25) is 0 Å². The van der Waals surface area contributed by atoms with Crippen molar-refractivity contribution in [2.45, 2.75) is 6.92 Å². The maximum atomic E-state index is 10.4. The van der Waals surface area contributed by atoms with Gasteiger partial charge in [-0.25, -0.2) is 0 Å². The molecule has 0 spiro atoms. The highest BCUT2D eigenvalue weighted by Crippen LogP contribution is 2.13. The topological polar surface area (TPSA) is 66.4 Å². The molecule has 4 nitrogen and oxygen atoms in total. The summed E-state index contributed by atoms with van der Waals surface area (Å²) in [4.78, 5) is 0. The summed E-state index contributed by atoms with van der Waals surface area (Å²) in [5, 5.41) is 0. The van der Waals surface area contributed by atoms with E-state index in [4.69, 9.17) is 4.55 Å². The van der Waals surface area contributed by atoms with Crippen LogP contribution in [0.1, 0.15) is 5.56 Å². The molecule has 0 amide bonds. The third-order valence-corrected chi connectivity index (χ3v) is 1.78. The molecular formula is C7H8NO3S. The lowest BCUT2D eigenvalue weighted by Crippen LogP contribution is -2.11. The molecule has 5 heteroatoms. The molecule has 0 aliphatic carbocycles. The van der Waals surface area contributed by atoms with E-state index >= 15 is 0 Å². The first kappa shape index (κ1) is 9.02. The summed E-state index contributed by atoms with van der Waals surface area (Å²) < 4.78 is 31.2. The molecular weight excluding hydrogens is 178 g/mol. The van der Waals surface area contributed by atoms with E-state index in [0.717, 1.165) is 0 Å². The second kappa shape index (κ2) is 3.12. The van der Waals surface area contributed by atoms with E-state index in [2.05, 4.69) is 6.07 Å². The standard InChI is InChI=1S/C7H8NO3S/c1-6-4-2-3-5-7(6)8-12(9,10)11/h2-3,5,8H,1H3,(H,9,10,11). The molecule has 0 aromatic heterocycles. The van der Waals surface area contributed by atoms with Crippen molar-refractivity contribution >= 4 is 16.0 Å². The summed E-state index contributed by atoms with van der Waals surface area (Å²) in [5.74, 6) is 0. The van der Waals surface area contributed by atoms with Gasteiger partial charge < -0.3 is 0 Å². The van der Waals surface area contributed by atoms with Crippen molar-refractivity contribution in [3.05, 3.63) is 29.8 Å². The van der Waals surface area contributed by atoms with E-state index in [1.54, 1.807) is 25.1 Å². The van der Waals surface area contributed by atoms with Crippen LogP contribution in [0.4, 0.5) is 5.69 Å². The van der Waals surface area contributed by atoms with E-state index in [1.807, 2.05) is 4.72 Å². The number of hydrogen-bond donors (Lipinski definition) is 2. The Morgan fingerprint density at radius 1 is 1.58 bits per heavy atom. The number of hydrogen-bond acceptors (Lipinski definition) is 2. The van der Waals surface area contributed by atoms with E-state index in [0.29, 0.717) is 11.3 Å². The molecule has 1 aromatic rings. The highest BCUT2D eigenvalue weighted by Gasteiger charge is 2.04. The summed E-state index contributed by atoms with van der Waals surface area (Å²) in [5.41, 5.74) is 0.968. The van der Waals surface area contributed by atoms with Crippen LogP contribution >= 0.6 is 0 Å². The average molecular weight is 186 g/mol. The fourth-order valence-electron chi connectivity index (χ4n) is 0.770. The lowest BCUT2D eigenvalue weighted by Gasteiger charge is -2.04. The van der Waals surface area contributed by atoms with Crippen LogP contribution < -0.4 is 4.72 Å². The third kappa shape index (κ3) is 2.52. The molecule has 0 saturated carbocycles. The zero-order valence-corrected chi connectivity index (χ0v) is 7.22. The van der Waals surface area contributed by atoms with Gasteiger partial charge in [0.1, 0.15) is 0 Å². The molecule has 2 N–H and O–H groups in total. The largest absolute Gasteiger partial charge is 0.357 e. The second-order valence-electron chi connectivity index (χ2n) is 2.29. The molecule has 1 radical (unpaired) electrons. The molecule has 0 bridgehead atoms. The normalized spacial score (nSPS) is 11.2. The summed E-state index contributed by atoms with van der Waals surface area (Å²) in [6, 6.07) is 7.61. The first-order chi connectivity index (χ1) is 5.49. The molecule has 0 unspecified atom stereocenters. The SMILES string of the molecule is Cc1[c]cccc1NS(=O)(=O)O. The van der Waals surface area contributed by atoms with Crippen molar-refractivity contribution in [2.75, 3.05) is 4.72 Å². The van der Waals surface area contributed by atoms with Crippen LogP contribution in [0.2, 0.25) is 0 Å². The summed E-state index contributed by atoms with van der Waals surface area (Å²) in [6.07, 6.45) is 0. The number of benzene rings is 1. The highest BCUT2D eigenvalue weighted by atomic mass is 32.2. The Bertz CT molecular complexity index is 372. The summed E-state index contributed by atoms with van der Waals surface area (Å²) in [6.45, 7) is 1.69. The quantitative estimate of drug-likeness (QED) is 0.677. The Morgan fingerprint density at radius 2 is 2.25 bits per heavy atom. The van der Waals surface area contributed by atoms with Gasteiger partial charge in [0.25, 0.3) is 0 Å². The van der Waals surface area contributed by atoms with Crippen molar-refractivity contribution in [3.63, 3.8) is 0 Å². The van der Waals surface area contributed by atoms with Crippen LogP contribution in [0.5, 0.6) is 0 Å². The molecule has 1 rings (SSSR count). The van der Waals surface area contributed by atoms with Crippen LogP contribution in [0.15, 0.2) is 18.2 Å². The first-order valence-corrected chi connectivity index (χ1v) is 4.65. The Morgan fingerprint density at radius 3 is 2.75 bits per heavy atom. The van der Waals surface area contributed by atoms with Crippen molar-refractivity contribution < 1.29 is 13.0 Å². The zero-order valence-electron chi connectivity index (χ0n) is 6.40. The predicted molar refractivity (Wildman–Crippen MR) is 45.2 cm³/mol. The minimum Gasteiger partial charge on any atom is -0.269 e. The number of anilines is 1. The van der Waals surface area contributed by atoms with Crippen LogP contribution in [0.3, 0.4) is 0 Å². The van der Waals surface area contributed by atoms with E-state index in [9.17, 15) is 8.42 Å². The zero-order chi connectivity index (χ0) is 9.19. The lowest BCUT2D eigenvalue weighted by molar-refractivity contribution is 0.489. The summed E-state index contributed by atoms with van der Waals surface area (Å²) >= 11 is 0. The van der Waals surface area contributed by atoms with Gasteiger partial charge in [-0.15, -0.1) is 0 Å². The molecule has 0 saturated heterocycles. The average Bonchev–Trinajstić information content (AvgIpc) is 1.91. The molecule has 0 heterocycles. The number of aryl methyl sites for hydroxylation is 1. The van der Waals surface area contributed by atoms with Crippen LogP contribution in [0.25, 0.3) is 0 Å². The van der Waals surface area contributed by atoms with Gasteiger partial charge >= 0.3 is 10.3 Å². The third-order valence-electron chi connectivity index (χ3n) is 1.30. The maximum absolute atomic E-state index is 10.4. The van der Waals surface area contributed by atoms with Gasteiger partial charge in [-0.3, -0.25) is 9.27 Å². The van der Waals surface area contributed by atoms with Gasteiger partial charge in [-0.05, 0) is 24.6 Å². The minimum absolute atomic E-state index is 0.333. The van der Waals surface area contributed by atoms with E-state index < -0.39 is 10.3 Å². The minimum atomic E-state index is -4.17. The Labute approximate surface area is 71.1 Å². The monoisotopic (exact) mass is 186 g/mol. The molecule has 65 valence electrons. The highest BCUT2D eigenvalue weighted by molar-refractivity contribution is 7.87. The molecule has 12 heavy (non-hydrogen) atoms. The number of rotatable bonds is 2. The Kier molecular flexibility index (Phi) is 2.35. The molecule has 0 aliphatic heterocycles. The van der Waals surface area contributed by atoms with Crippen molar-refractivity contribution in [1.29, 1.82) is 0 Å². The molecule has 1 aromatic carbocycles. The van der Waals surface area contributed by atoms with Crippen LogP contribution in [0, 0.1) is 13.0 Å². The maximum Gasteiger partial charge on any atom is 0.357 e. The van der Waals surface area contributed by atoms with Crippen molar-refractivity contribution in [2.24, 2.45) is 0 Å². The van der Waals surface area contributed by atoms with Crippen LogP contribution in [-0.4, -0.2) is 13.0 Å². The van der Waals surface area contributed by atoms with Gasteiger partial charge in [0.05, 0.1) is 5.69 Å². The molecule has 0 atom stereocenters. The molecule has 0 fully saturated rings. The first-order valence-electron chi connectivity index (χ1n) is 3.21. The van der Waals surface area contributed by atoms with Gasteiger partial charge in [0.15, 0.2) is 0 Å². The second-order valence-corrected chi connectivity index (χ2v) is 3.44. The van der Waals surface area contributed by atoms with Gasteiger partial charge in [0, 0.05) is 0 Å². The fraction of sp³-hybridized carbons (Fsp3) is 0.143. The van der Waals surface area contributed by atoms with E-state index in [1.165, 1.54) is 0 Å². The lowest BCUT2D eigenvalue weighted by atomic mass is 10.2.